The van der Waals surface area contributed by atoms with Crippen LogP contribution in [0, 0.1) is 5.82 Å². The standard InChI is InChI=1S/C14H20FNO3/c1-2-3-8-19-9-4-7-16-14(18)12-10-11(15)5-6-13(12)17/h5-6,10,17H,2-4,7-9H2,1H3,(H,16,18). The molecule has 2 N–H and O–H groups in total. The van der Waals surface area contributed by atoms with Gasteiger partial charge in [-0.1, -0.05) is 13.3 Å². The highest BCUT2D eigenvalue weighted by Crippen LogP contribution is 2.17. The van der Waals surface area contributed by atoms with Crippen LogP contribution < -0.4 is 5.32 Å². The molecule has 0 bridgehead atoms. The Labute approximate surface area is 112 Å². The summed E-state index contributed by atoms with van der Waals surface area (Å²) in [7, 11) is 0. The maximum Gasteiger partial charge on any atom is 0.255 e. The van der Waals surface area contributed by atoms with E-state index in [-0.39, 0.29) is 11.3 Å². The van der Waals surface area contributed by atoms with Crippen molar-refractivity contribution in [3.8, 4) is 5.75 Å². The lowest BCUT2D eigenvalue weighted by atomic mass is 10.2. The molecule has 19 heavy (non-hydrogen) atoms. The number of halogens is 1. The number of benzene rings is 1. The van der Waals surface area contributed by atoms with Gasteiger partial charge in [-0.05, 0) is 31.0 Å². The van der Waals surface area contributed by atoms with Gasteiger partial charge in [-0.2, -0.15) is 0 Å². The third-order valence-corrected chi connectivity index (χ3v) is 2.60. The Kier molecular flexibility index (Phi) is 6.89. The molecule has 1 aromatic rings. The molecule has 0 aliphatic heterocycles. The topological polar surface area (TPSA) is 58.6 Å². The number of unbranched alkanes of at least 4 members (excludes halogenated alkanes) is 1. The van der Waals surface area contributed by atoms with Gasteiger partial charge in [0, 0.05) is 19.8 Å². The maximum atomic E-state index is 13.0. The Hall–Kier alpha value is -1.62. The number of hydrogen-bond acceptors (Lipinski definition) is 3. The summed E-state index contributed by atoms with van der Waals surface area (Å²) < 4.78 is 18.3. The molecular formula is C14H20FNO3. The first-order valence-electron chi connectivity index (χ1n) is 6.49. The summed E-state index contributed by atoms with van der Waals surface area (Å²) >= 11 is 0. The summed E-state index contributed by atoms with van der Waals surface area (Å²) in [4.78, 5) is 11.7. The average molecular weight is 269 g/mol. The van der Waals surface area contributed by atoms with Crippen molar-refractivity contribution in [1.29, 1.82) is 0 Å². The Morgan fingerprint density at radius 2 is 2.11 bits per heavy atom. The third-order valence-electron chi connectivity index (χ3n) is 2.60. The van der Waals surface area contributed by atoms with Gasteiger partial charge in [0.2, 0.25) is 0 Å². The van der Waals surface area contributed by atoms with Crippen LogP contribution in [0.25, 0.3) is 0 Å². The van der Waals surface area contributed by atoms with Gasteiger partial charge in [0.1, 0.15) is 11.6 Å². The number of carbonyl (C=O) groups excluding carboxylic acids is 1. The second-order valence-electron chi connectivity index (χ2n) is 4.24. The monoisotopic (exact) mass is 269 g/mol. The molecule has 0 aliphatic carbocycles. The van der Waals surface area contributed by atoms with Crippen molar-refractivity contribution >= 4 is 5.91 Å². The van der Waals surface area contributed by atoms with Crippen molar-refractivity contribution in [3.63, 3.8) is 0 Å². The molecule has 0 aromatic heterocycles. The van der Waals surface area contributed by atoms with Gasteiger partial charge >= 0.3 is 0 Å². The number of carbonyl (C=O) groups is 1. The number of phenols is 1. The van der Waals surface area contributed by atoms with Gasteiger partial charge in [0.25, 0.3) is 5.91 Å². The van der Waals surface area contributed by atoms with Crippen molar-refractivity contribution in [2.45, 2.75) is 26.2 Å². The van der Waals surface area contributed by atoms with Crippen LogP contribution in [0.1, 0.15) is 36.5 Å². The summed E-state index contributed by atoms with van der Waals surface area (Å²) in [6.07, 6.45) is 2.81. The van der Waals surface area contributed by atoms with Crippen LogP contribution in [0.2, 0.25) is 0 Å². The third kappa shape index (κ3) is 5.70. The molecule has 0 unspecified atom stereocenters. The molecule has 0 fully saturated rings. The van der Waals surface area contributed by atoms with E-state index in [2.05, 4.69) is 12.2 Å². The minimum Gasteiger partial charge on any atom is -0.507 e. The van der Waals surface area contributed by atoms with E-state index in [0.717, 1.165) is 37.6 Å². The largest absolute Gasteiger partial charge is 0.507 e. The minimum atomic E-state index is -0.550. The van der Waals surface area contributed by atoms with E-state index in [4.69, 9.17) is 4.74 Å². The second-order valence-corrected chi connectivity index (χ2v) is 4.24. The highest BCUT2D eigenvalue weighted by Gasteiger charge is 2.11. The Morgan fingerprint density at radius 3 is 2.84 bits per heavy atom. The van der Waals surface area contributed by atoms with Gasteiger partial charge in [-0.25, -0.2) is 4.39 Å². The van der Waals surface area contributed by atoms with E-state index < -0.39 is 11.7 Å². The SMILES string of the molecule is CCCCOCCCNC(=O)c1cc(F)ccc1O. The number of phenolic OH excluding ortho intramolecular Hbond substituents is 1. The van der Waals surface area contributed by atoms with Gasteiger partial charge in [0.05, 0.1) is 5.56 Å². The van der Waals surface area contributed by atoms with Crippen LogP contribution in [-0.4, -0.2) is 30.8 Å². The summed E-state index contributed by atoms with van der Waals surface area (Å²) in [5, 5.41) is 12.1. The van der Waals surface area contributed by atoms with Crippen molar-refractivity contribution in [2.24, 2.45) is 0 Å². The molecule has 0 aliphatic rings. The van der Waals surface area contributed by atoms with Gasteiger partial charge in [-0.15, -0.1) is 0 Å². The quantitative estimate of drug-likeness (QED) is 0.713. The van der Waals surface area contributed by atoms with E-state index in [9.17, 15) is 14.3 Å². The van der Waals surface area contributed by atoms with Crippen LogP contribution >= 0.6 is 0 Å². The number of rotatable bonds is 8. The van der Waals surface area contributed by atoms with Crippen LogP contribution in [0.5, 0.6) is 5.75 Å². The number of amides is 1. The lowest BCUT2D eigenvalue weighted by Crippen LogP contribution is -2.25. The predicted molar refractivity (Wildman–Crippen MR) is 70.7 cm³/mol. The molecule has 0 saturated carbocycles. The fourth-order valence-corrected chi connectivity index (χ4v) is 1.51. The van der Waals surface area contributed by atoms with E-state index in [1.165, 1.54) is 0 Å². The van der Waals surface area contributed by atoms with Crippen LogP contribution in [0.4, 0.5) is 4.39 Å². The maximum absolute atomic E-state index is 13.0. The molecule has 1 aromatic carbocycles. The minimum absolute atomic E-state index is 0.0492. The van der Waals surface area contributed by atoms with Crippen LogP contribution in [-0.2, 0) is 4.74 Å². The first kappa shape index (κ1) is 15.4. The van der Waals surface area contributed by atoms with Crippen molar-refractivity contribution in [1.82, 2.24) is 5.32 Å². The molecule has 0 saturated heterocycles. The molecule has 0 radical (unpaired) electrons. The number of hydrogen-bond donors (Lipinski definition) is 2. The van der Waals surface area contributed by atoms with Crippen molar-refractivity contribution < 1.29 is 19.0 Å². The number of nitrogens with one attached hydrogen (secondary N) is 1. The molecule has 0 heterocycles. The first-order valence-corrected chi connectivity index (χ1v) is 6.49. The van der Waals surface area contributed by atoms with E-state index in [1.54, 1.807) is 0 Å². The van der Waals surface area contributed by atoms with Gasteiger partial charge in [0.15, 0.2) is 0 Å². The van der Waals surface area contributed by atoms with E-state index >= 15 is 0 Å². The average Bonchev–Trinajstić information content (AvgIpc) is 2.40. The zero-order valence-corrected chi connectivity index (χ0v) is 11.1. The summed E-state index contributed by atoms with van der Waals surface area (Å²) in [6.45, 7) is 3.83. The lowest BCUT2D eigenvalue weighted by molar-refractivity contribution is 0.0937. The molecule has 0 atom stereocenters. The molecule has 5 heteroatoms. The molecule has 0 spiro atoms. The predicted octanol–water partition coefficient (Wildman–Crippen LogP) is 2.47. The summed E-state index contributed by atoms with van der Waals surface area (Å²) in [6, 6.07) is 3.29. The van der Waals surface area contributed by atoms with Crippen LogP contribution in [0.3, 0.4) is 0 Å². The number of ether oxygens (including phenoxy) is 1. The molecule has 1 rings (SSSR count). The zero-order valence-electron chi connectivity index (χ0n) is 11.1. The van der Waals surface area contributed by atoms with Crippen LogP contribution in [0.15, 0.2) is 18.2 Å². The highest BCUT2D eigenvalue weighted by molar-refractivity contribution is 5.96. The summed E-state index contributed by atoms with van der Waals surface area (Å²) in [5.41, 5.74) is -0.0492. The Bertz CT molecular complexity index is 410. The first-order chi connectivity index (χ1) is 9.15. The van der Waals surface area contributed by atoms with E-state index in [1.807, 2.05) is 0 Å². The zero-order chi connectivity index (χ0) is 14.1. The Morgan fingerprint density at radius 1 is 1.37 bits per heavy atom. The van der Waals surface area contributed by atoms with E-state index in [0.29, 0.717) is 19.6 Å². The molecule has 1 amide bonds. The fourth-order valence-electron chi connectivity index (χ4n) is 1.51. The van der Waals surface area contributed by atoms with Gasteiger partial charge in [-0.3, -0.25) is 4.79 Å². The van der Waals surface area contributed by atoms with Gasteiger partial charge < -0.3 is 15.2 Å². The fraction of sp³-hybridized carbons (Fsp3) is 0.500. The molecular weight excluding hydrogens is 249 g/mol. The van der Waals surface area contributed by atoms with Crippen molar-refractivity contribution in [2.75, 3.05) is 19.8 Å². The number of aromatic hydroxyl groups is 1. The summed E-state index contributed by atoms with van der Waals surface area (Å²) in [5.74, 6) is -1.26. The molecule has 106 valence electrons. The van der Waals surface area contributed by atoms with Crippen molar-refractivity contribution in [3.05, 3.63) is 29.6 Å². The second kappa shape index (κ2) is 8.48. The smallest absolute Gasteiger partial charge is 0.255 e. The Balaban J connectivity index is 2.26. The normalized spacial score (nSPS) is 10.4. The molecule has 4 nitrogen and oxygen atoms in total. The lowest BCUT2D eigenvalue weighted by Gasteiger charge is -2.07. The highest BCUT2D eigenvalue weighted by atomic mass is 19.1.